The molecule has 0 bridgehead atoms. The van der Waals surface area contributed by atoms with Crippen molar-refractivity contribution in [3.05, 3.63) is 22.2 Å². The van der Waals surface area contributed by atoms with E-state index in [9.17, 15) is 5.11 Å². The average molecular weight is 314 g/mol. The summed E-state index contributed by atoms with van der Waals surface area (Å²) in [7, 11) is 1.58. The highest BCUT2D eigenvalue weighted by atomic mass is 79.9. The van der Waals surface area contributed by atoms with Gasteiger partial charge in [0.05, 0.1) is 7.11 Å². The highest BCUT2D eigenvalue weighted by Crippen LogP contribution is 2.34. The van der Waals surface area contributed by atoms with Gasteiger partial charge >= 0.3 is 0 Å². The number of phenolic OH excluding ortho intramolecular Hbond substituents is 1. The molecular formula is C14H20BrNO2. The molecule has 0 aromatic heterocycles. The second kappa shape index (κ2) is 5.93. The lowest BCUT2D eigenvalue weighted by molar-refractivity contribution is 0.174. The number of methoxy groups -OCH3 is 1. The third-order valence-corrected chi connectivity index (χ3v) is 3.93. The standard InChI is InChI=1S/C14H20BrNO2/c1-10-4-3-5-16(8-10)9-11-6-12(15)7-13(18-2)14(11)17/h6-7,10,17H,3-5,8-9H2,1-2H3/t10-/m1/s1. The minimum Gasteiger partial charge on any atom is -0.504 e. The lowest BCUT2D eigenvalue weighted by Gasteiger charge is -2.31. The molecule has 0 spiro atoms. The van der Waals surface area contributed by atoms with Crippen LogP contribution in [0.15, 0.2) is 16.6 Å². The highest BCUT2D eigenvalue weighted by molar-refractivity contribution is 9.10. The maximum atomic E-state index is 10.1. The molecule has 1 aliphatic rings. The van der Waals surface area contributed by atoms with Gasteiger partial charge in [-0.15, -0.1) is 0 Å². The van der Waals surface area contributed by atoms with Crippen LogP contribution in [-0.4, -0.2) is 30.2 Å². The summed E-state index contributed by atoms with van der Waals surface area (Å²) in [5.41, 5.74) is 0.926. The molecule has 0 amide bonds. The number of hydrogen-bond donors (Lipinski definition) is 1. The number of hydrogen-bond acceptors (Lipinski definition) is 3. The van der Waals surface area contributed by atoms with Gasteiger partial charge in [-0.05, 0) is 37.4 Å². The number of aromatic hydroxyl groups is 1. The summed E-state index contributed by atoms with van der Waals surface area (Å²) in [5.74, 6) is 1.54. The second-order valence-corrected chi connectivity index (χ2v) is 6.01. The van der Waals surface area contributed by atoms with Crippen LogP contribution >= 0.6 is 15.9 Å². The molecular weight excluding hydrogens is 294 g/mol. The number of nitrogens with zero attached hydrogens (tertiary/aromatic N) is 1. The molecule has 100 valence electrons. The van der Waals surface area contributed by atoms with Gasteiger partial charge in [0.1, 0.15) is 0 Å². The smallest absolute Gasteiger partial charge is 0.162 e. The second-order valence-electron chi connectivity index (χ2n) is 5.10. The van der Waals surface area contributed by atoms with Crippen LogP contribution in [-0.2, 0) is 6.54 Å². The molecule has 18 heavy (non-hydrogen) atoms. The van der Waals surface area contributed by atoms with Crippen molar-refractivity contribution < 1.29 is 9.84 Å². The van der Waals surface area contributed by atoms with Crippen molar-refractivity contribution in [1.29, 1.82) is 0 Å². The van der Waals surface area contributed by atoms with Gasteiger partial charge in [-0.2, -0.15) is 0 Å². The zero-order valence-corrected chi connectivity index (χ0v) is 12.5. The minimum atomic E-state index is 0.263. The fraction of sp³-hybridized carbons (Fsp3) is 0.571. The van der Waals surface area contributed by atoms with Crippen LogP contribution in [0.1, 0.15) is 25.3 Å². The summed E-state index contributed by atoms with van der Waals surface area (Å²) in [6, 6.07) is 3.76. The van der Waals surface area contributed by atoms with E-state index < -0.39 is 0 Å². The largest absolute Gasteiger partial charge is 0.504 e. The first-order chi connectivity index (χ1) is 8.60. The lowest BCUT2D eigenvalue weighted by Crippen LogP contribution is -2.33. The Labute approximate surface area is 117 Å². The number of halogens is 1. The Hall–Kier alpha value is -0.740. The Morgan fingerprint density at radius 2 is 2.28 bits per heavy atom. The third-order valence-electron chi connectivity index (χ3n) is 3.47. The topological polar surface area (TPSA) is 32.7 Å². The number of likely N-dealkylation sites (tertiary alicyclic amines) is 1. The molecule has 4 heteroatoms. The summed E-state index contributed by atoms with van der Waals surface area (Å²) in [4.78, 5) is 2.40. The number of phenols is 1. The predicted molar refractivity (Wildman–Crippen MR) is 76.0 cm³/mol. The van der Waals surface area contributed by atoms with Gasteiger partial charge < -0.3 is 9.84 Å². The van der Waals surface area contributed by atoms with Crippen molar-refractivity contribution in [2.24, 2.45) is 5.92 Å². The molecule has 1 fully saturated rings. The molecule has 1 saturated heterocycles. The van der Waals surface area contributed by atoms with Gasteiger partial charge in [0.15, 0.2) is 11.5 Å². The summed E-state index contributed by atoms with van der Waals surface area (Å²) >= 11 is 3.46. The van der Waals surface area contributed by atoms with Crippen molar-refractivity contribution in [3.63, 3.8) is 0 Å². The van der Waals surface area contributed by atoms with Gasteiger partial charge in [-0.3, -0.25) is 4.90 Å². The van der Waals surface area contributed by atoms with E-state index in [4.69, 9.17) is 4.74 Å². The summed E-state index contributed by atoms with van der Waals surface area (Å²) in [6.07, 6.45) is 2.55. The Morgan fingerprint density at radius 1 is 1.50 bits per heavy atom. The van der Waals surface area contributed by atoms with E-state index in [1.165, 1.54) is 12.8 Å². The molecule has 1 aromatic carbocycles. The van der Waals surface area contributed by atoms with Crippen LogP contribution in [0.25, 0.3) is 0 Å². The van der Waals surface area contributed by atoms with E-state index in [1.807, 2.05) is 6.07 Å². The molecule has 0 radical (unpaired) electrons. The van der Waals surface area contributed by atoms with Crippen molar-refractivity contribution in [1.82, 2.24) is 4.90 Å². The Bertz CT molecular complexity index is 423. The Balaban J connectivity index is 2.15. The van der Waals surface area contributed by atoms with Crippen LogP contribution in [0.3, 0.4) is 0 Å². The Kier molecular flexibility index (Phi) is 4.51. The maximum Gasteiger partial charge on any atom is 0.162 e. The van der Waals surface area contributed by atoms with Gasteiger partial charge in [0.25, 0.3) is 0 Å². The molecule has 1 heterocycles. The highest BCUT2D eigenvalue weighted by Gasteiger charge is 2.19. The molecule has 1 aromatic rings. The van der Waals surface area contributed by atoms with E-state index in [-0.39, 0.29) is 5.75 Å². The van der Waals surface area contributed by atoms with Gasteiger partial charge in [-0.1, -0.05) is 22.9 Å². The van der Waals surface area contributed by atoms with Crippen molar-refractivity contribution in [3.8, 4) is 11.5 Å². The lowest BCUT2D eigenvalue weighted by atomic mass is 9.99. The molecule has 1 N–H and O–H groups in total. The molecule has 0 unspecified atom stereocenters. The Morgan fingerprint density at radius 3 is 2.94 bits per heavy atom. The SMILES string of the molecule is COc1cc(Br)cc(CN2CCC[C@@H](C)C2)c1O. The molecule has 0 aliphatic carbocycles. The number of benzene rings is 1. The van der Waals surface area contributed by atoms with E-state index in [1.54, 1.807) is 13.2 Å². The number of piperidine rings is 1. The van der Waals surface area contributed by atoms with E-state index in [0.717, 1.165) is 35.6 Å². The van der Waals surface area contributed by atoms with Gasteiger partial charge in [0.2, 0.25) is 0 Å². The molecule has 1 atom stereocenters. The van der Waals surface area contributed by atoms with Gasteiger partial charge in [-0.25, -0.2) is 0 Å². The fourth-order valence-electron chi connectivity index (χ4n) is 2.58. The monoisotopic (exact) mass is 313 g/mol. The first-order valence-corrected chi connectivity index (χ1v) is 7.17. The fourth-order valence-corrected chi connectivity index (χ4v) is 3.06. The molecule has 1 aliphatic heterocycles. The number of ether oxygens (including phenoxy) is 1. The molecule has 2 rings (SSSR count). The zero-order valence-electron chi connectivity index (χ0n) is 10.9. The summed E-state index contributed by atoms with van der Waals surface area (Å²) in [5, 5.41) is 10.1. The van der Waals surface area contributed by atoms with Crippen molar-refractivity contribution in [2.75, 3.05) is 20.2 Å². The van der Waals surface area contributed by atoms with Crippen LogP contribution < -0.4 is 4.74 Å². The first kappa shape index (κ1) is 13.7. The van der Waals surface area contributed by atoms with E-state index in [0.29, 0.717) is 5.75 Å². The molecule has 3 nitrogen and oxygen atoms in total. The van der Waals surface area contributed by atoms with Crippen molar-refractivity contribution in [2.45, 2.75) is 26.3 Å². The number of rotatable bonds is 3. The van der Waals surface area contributed by atoms with Crippen LogP contribution in [0.5, 0.6) is 11.5 Å². The minimum absolute atomic E-state index is 0.263. The zero-order chi connectivity index (χ0) is 13.1. The van der Waals surface area contributed by atoms with Crippen LogP contribution in [0, 0.1) is 5.92 Å². The van der Waals surface area contributed by atoms with E-state index >= 15 is 0 Å². The molecule has 0 saturated carbocycles. The maximum absolute atomic E-state index is 10.1. The van der Waals surface area contributed by atoms with Crippen LogP contribution in [0.4, 0.5) is 0 Å². The van der Waals surface area contributed by atoms with Crippen LogP contribution in [0.2, 0.25) is 0 Å². The normalized spacial score (nSPS) is 20.9. The van der Waals surface area contributed by atoms with Crippen molar-refractivity contribution >= 4 is 15.9 Å². The van der Waals surface area contributed by atoms with Gasteiger partial charge in [0, 0.05) is 23.1 Å². The summed E-state index contributed by atoms with van der Waals surface area (Å²) < 4.78 is 6.12. The third kappa shape index (κ3) is 3.18. The quantitative estimate of drug-likeness (QED) is 0.928. The van der Waals surface area contributed by atoms with E-state index in [2.05, 4.69) is 27.8 Å². The first-order valence-electron chi connectivity index (χ1n) is 6.38. The predicted octanol–water partition coefficient (Wildman–Crippen LogP) is 3.40. The summed E-state index contributed by atoms with van der Waals surface area (Å²) in [6.45, 7) is 5.28. The average Bonchev–Trinajstić information content (AvgIpc) is 2.33.